The first-order valence-corrected chi connectivity index (χ1v) is 5.25. The molecule has 0 saturated heterocycles. The molecule has 78 valence electrons. The summed E-state index contributed by atoms with van der Waals surface area (Å²) in [5.74, 6) is 1.57. The average molecular weight is 222 g/mol. The number of benzene rings is 1. The van der Waals surface area contributed by atoms with Gasteiger partial charge in [0.2, 0.25) is 0 Å². The number of aromatic amines is 2. The van der Waals surface area contributed by atoms with Gasteiger partial charge in [-0.1, -0.05) is 0 Å². The number of imidazole rings is 1. The second kappa shape index (κ2) is 3.27. The maximum Gasteiger partial charge on any atom is 0.175 e. The van der Waals surface area contributed by atoms with E-state index < -0.39 is 0 Å². The minimum absolute atomic E-state index is 0.616. The summed E-state index contributed by atoms with van der Waals surface area (Å²) in [5.41, 5.74) is 1.90. The van der Waals surface area contributed by atoms with Crippen molar-refractivity contribution < 1.29 is 9.47 Å². The number of aromatic nitrogens is 2. The molecule has 0 atom stereocenters. The van der Waals surface area contributed by atoms with Gasteiger partial charge in [-0.05, 0) is 12.2 Å². The van der Waals surface area contributed by atoms with Gasteiger partial charge >= 0.3 is 0 Å². The second-order valence-corrected chi connectivity index (χ2v) is 3.88. The van der Waals surface area contributed by atoms with Crippen molar-refractivity contribution in [2.24, 2.45) is 0 Å². The van der Waals surface area contributed by atoms with E-state index in [1.54, 1.807) is 0 Å². The zero-order chi connectivity index (χ0) is 10.3. The molecular formula is C10H10N2O2S. The summed E-state index contributed by atoms with van der Waals surface area (Å²) in [6.07, 6.45) is 0.915. The predicted molar refractivity (Wildman–Crippen MR) is 59.1 cm³/mol. The quantitative estimate of drug-likeness (QED) is 0.673. The highest BCUT2D eigenvalue weighted by molar-refractivity contribution is 7.71. The van der Waals surface area contributed by atoms with Crippen LogP contribution in [-0.4, -0.2) is 23.2 Å². The van der Waals surface area contributed by atoms with Crippen molar-refractivity contribution in [2.45, 2.75) is 6.42 Å². The van der Waals surface area contributed by atoms with E-state index in [-0.39, 0.29) is 0 Å². The third-order valence-electron chi connectivity index (χ3n) is 2.38. The van der Waals surface area contributed by atoms with E-state index in [1.165, 1.54) is 0 Å². The maximum atomic E-state index is 5.57. The molecule has 5 heteroatoms. The number of rotatable bonds is 0. The van der Waals surface area contributed by atoms with Crippen molar-refractivity contribution in [3.8, 4) is 11.5 Å². The minimum atomic E-state index is 0.616. The Morgan fingerprint density at radius 3 is 2.07 bits per heavy atom. The van der Waals surface area contributed by atoms with Crippen molar-refractivity contribution in [1.29, 1.82) is 0 Å². The van der Waals surface area contributed by atoms with E-state index in [2.05, 4.69) is 9.97 Å². The van der Waals surface area contributed by atoms with Crippen LogP contribution in [0, 0.1) is 4.77 Å². The first-order chi connectivity index (χ1) is 7.33. The van der Waals surface area contributed by atoms with Crippen LogP contribution in [0.25, 0.3) is 11.0 Å². The fourth-order valence-electron chi connectivity index (χ4n) is 1.69. The van der Waals surface area contributed by atoms with Crippen LogP contribution in [0.3, 0.4) is 0 Å². The molecule has 0 radical (unpaired) electrons. The third-order valence-corrected chi connectivity index (χ3v) is 2.59. The summed E-state index contributed by atoms with van der Waals surface area (Å²) in [6, 6.07) is 3.84. The Morgan fingerprint density at radius 2 is 1.53 bits per heavy atom. The highest BCUT2D eigenvalue weighted by Gasteiger charge is 2.12. The number of H-pyrrole nitrogens is 2. The van der Waals surface area contributed by atoms with Crippen LogP contribution in [0.15, 0.2) is 12.1 Å². The van der Waals surface area contributed by atoms with Crippen molar-refractivity contribution in [2.75, 3.05) is 13.2 Å². The molecule has 1 aliphatic heterocycles. The summed E-state index contributed by atoms with van der Waals surface area (Å²) >= 11 is 5.02. The van der Waals surface area contributed by atoms with Gasteiger partial charge in [-0.15, -0.1) is 0 Å². The first kappa shape index (κ1) is 8.79. The minimum Gasteiger partial charge on any atom is -0.489 e. The van der Waals surface area contributed by atoms with Gasteiger partial charge in [0, 0.05) is 18.6 Å². The van der Waals surface area contributed by atoms with Crippen LogP contribution in [0.1, 0.15) is 6.42 Å². The highest BCUT2D eigenvalue weighted by Crippen LogP contribution is 2.32. The Labute approximate surface area is 91.2 Å². The van der Waals surface area contributed by atoms with Crippen molar-refractivity contribution >= 4 is 23.3 Å². The van der Waals surface area contributed by atoms with Crippen LogP contribution in [-0.2, 0) is 0 Å². The lowest BCUT2D eigenvalue weighted by atomic mass is 10.3. The van der Waals surface area contributed by atoms with Gasteiger partial charge in [-0.2, -0.15) is 0 Å². The number of fused-ring (bicyclic) bond motifs is 2. The van der Waals surface area contributed by atoms with Crippen LogP contribution < -0.4 is 9.47 Å². The zero-order valence-corrected chi connectivity index (χ0v) is 8.82. The highest BCUT2D eigenvalue weighted by atomic mass is 32.1. The van der Waals surface area contributed by atoms with E-state index >= 15 is 0 Å². The van der Waals surface area contributed by atoms with Gasteiger partial charge in [0.15, 0.2) is 16.3 Å². The molecule has 0 bridgehead atoms. The van der Waals surface area contributed by atoms with E-state index in [0.29, 0.717) is 18.0 Å². The molecule has 2 heterocycles. The van der Waals surface area contributed by atoms with Crippen LogP contribution in [0.4, 0.5) is 0 Å². The van der Waals surface area contributed by atoms with Crippen LogP contribution >= 0.6 is 12.2 Å². The Morgan fingerprint density at radius 1 is 1.00 bits per heavy atom. The molecule has 0 amide bonds. The molecule has 15 heavy (non-hydrogen) atoms. The Hall–Kier alpha value is -1.49. The molecule has 0 spiro atoms. The van der Waals surface area contributed by atoms with Gasteiger partial charge in [-0.25, -0.2) is 0 Å². The number of hydrogen-bond donors (Lipinski definition) is 2. The lowest BCUT2D eigenvalue weighted by Gasteiger charge is -2.06. The molecule has 4 nitrogen and oxygen atoms in total. The average Bonchev–Trinajstić information content (AvgIpc) is 2.44. The van der Waals surface area contributed by atoms with Gasteiger partial charge in [0.1, 0.15) is 0 Å². The summed E-state index contributed by atoms with van der Waals surface area (Å²) in [7, 11) is 0. The Bertz CT molecular complexity index is 512. The molecule has 1 aromatic carbocycles. The summed E-state index contributed by atoms with van der Waals surface area (Å²) < 4.78 is 11.8. The third kappa shape index (κ3) is 1.48. The molecular weight excluding hydrogens is 212 g/mol. The standard InChI is InChI=1S/C10H10N2O2S/c15-10-11-6-4-8-9(5-7(6)12-10)14-3-1-2-13-8/h4-5H,1-3H2,(H2,11,12,15). The molecule has 1 aromatic heterocycles. The fourth-order valence-corrected chi connectivity index (χ4v) is 1.91. The van der Waals surface area contributed by atoms with Gasteiger partial charge < -0.3 is 19.4 Å². The van der Waals surface area contributed by atoms with E-state index in [9.17, 15) is 0 Å². The van der Waals surface area contributed by atoms with Crippen LogP contribution in [0.2, 0.25) is 0 Å². The molecule has 2 N–H and O–H groups in total. The maximum absolute atomic E-state index is 5.57. The topological polar surface area (TPSA) is 50.0 Å². The lowest BCUT2D eigenvalue weighted by Crippen LogP contribution is -1.97. The first-order valence-electron chi connectivity index (χ1n) is 4.84. The fraction of sp³-hybridized carbons (Fsp3) is 0.300. The summed E-state index contributed by atoms with van der Waals surface area (Å²) in [5, 5.41) is 0. The molecule has 0 fully saturated rings. The summed E-state index contributed by atoms with van der Waals surface area (Å²) in [4.78, 5) is 6.11. The summed E-state index contributed by atoms with van der Waals surface area (Å²) in [6.45, 7) is 1.40. The number of ether oxygens (including phenoxy) is 2. The Kier molecular flexibility index (Phi) is 1.92. The van der Waals surface area contributed by atoms with Gasteiger partial charge in [0.05, 0.1) is 24.2 Å². The van der Waals surface area contributed by atoms with E-state index in [1.807, 2.05) is 12.1 Å². The molecule has 0 unspecified atom stereocenters. The molecule has 3 rings (SSSR count). The number of hydrogen-bond acceptors (Lipinski definition) is 3. The largest absolute Gasteiger partial charge is 0.489 e. The lowest BCUT2D eigenvalue weighted by molar-refractivity contribution is 0.297. The van der Waals surface area contributed by atoms with Gasteiger partial charge in [-0.3, -0.25) is 0 Å². The van der Waals surface area contributed by atoms with Gasteiger partial charge in [0.25, 0.3) is 0 Å². The molecule has 0 saturated carbocycles. The molecule has 0 aliphatic carbocycles. The molecule has 2 aromatic rings. The van der Waals surface area contributed by atoms with Crippen molar-refractivity contribution in [3.05, 3.63) is 16.9 Å². The smallest absolute Gasteiger partial charge is 0.175 e. The van der Waals surface area contributed by atoms with Crippen LogP contribution in [0.5, 0.6) is 11.5 Å². The van der Waals surface area contributed by atoms with Crippen molar-refractivity contribution in [3.63, 3.8) is 0 Å². The number of nitrogens with one attached hydrogen (secondary N) is 2. The zero-order valence-electron chi connectivity index (χ0n) is 8.00. The van der Waals surface area contributed by atoms with E-state index in [4.69, 9.17) is 21.7 Å². The monoisotopic (exact) mass is 222 g/mol. The SMILES string of the molecule is S=c1[nH]c2cc3c(cc2[nH]1)OCCCO3. The predicted octanol–water partition coefficient (Wildman–Crippen LogP) is 2.39. The second-order valence-electron chi connectivity index (χ2n) is 3.47. The Balaban J connectivity index is 2.23. The normalized spacial score (nSPS) is 15.2. The van der Waals surface area contributed by atoms with Crippen molar-refractivity contribution in [1.82, 2.24) is 9.97 Å². The van der Waals surface area contributed by atoms with E-state index in [0.717, 1.165) is 29.0 Å². The molecule has 1 aliphatic rings.